The summed E-state index contributed by atoms with van der Waals surface area (Å²) in [4.78, 5) is 17.1. The maximum atomic E-state index is 12.5. The highest BCUT2D eigenvalue weighted by Gasteiger charge is 2.24. The van der Waals surface area contributed by atoms with Gasteiger partial charge in [0.1, 0.15) is 5.82 Å². The van der Waals surface area contributed by atoms with E-state index in [0.717, 1.165) is 48.3 Å². The van der Waals surface area contributed by atoms with Crippen LogP contribution in [-0.4, -0.2) is 35.5 Å². The van der Waals surface area contributed by atoms with Crippen molar-refractivity contribution >= 4 is 34.4 Å². The highest BCUT2D eigenvalue weighted by molar-refractivity contribution is 7.98. The van der Waals surface area contributed by atoms with Crippen LogP contribution in [0.5, 0.6) is 0 Å². The van der Waals surface area contributed by atoms with Crippen molar-refractivity contribution in [2.24, 2.45) is 0 Å². The average molecular weight is 315 g/mol. The second-order valence-corrected chi connectivity index (χ2v) is 6.58. The summed E-state index contributed by atoms with van der Waals surface area (Å²) in [6.07, 6.45) is 5.37. The largest absolute Gasteiger partial charge is 0.370 e. The molecular formula is C17H21N3OS. The number of nitrogens with one attached hydrogen (secondary N) is 2. The molecule has 0 saturated heterocycles. The van der Waals surface area contributed by atoms with Crippen LogP contribution in [0.25, 0.3) is 10.9 Å². The normalized spacial score (nSPS) is 14.0. The molecule has 1 aromatic heterocycles. The van der Waals surface area contributed by atoms with E-state index >= 15 is 0 Å². The van der Waals surface area contributed by atoms with Gasteiger partial charge in [0.15, 0.2) is 0 Å². The first-order valence-electron chi connectivity index (χ1n) is 7.71. The fraction of sp³-hybridized carbons (Fsp3) is 0.412. The molecule has 4 nitrogen and oxygen atoms in total. The van der Waals surface area contributed by atoms with E-state index in [1.165, 1.54) is 0 Å². The van der Waals surface area contributed by atoms with Crippen molar-refractivity contribution in [1.82, 2.24) is 10.3 Å². The number of anilines is 1. The van der Waals surface area contributed by atoms with Crippen molar-refractivity contribution in [2.75, 3.05) is 23.9 Å². The van der Waals surface area contributed by atoms with Gasteiger partial charge in [-0.15, -0.1) is 0 Å². The Morgan fingerprint density at radius 1 is 1.36 bits per heavy atom. The molecule has 5 heteroatoms. The molecule has 1 aliphatic rings. The minimum absolute atomic E-state index is 0.00765. The van der Waals surface area contributed by atoms with Gasteiger partial charge in [-0.25, -0.2) is 4.98 Å². The number of carbonyl (C=O) groups excluding carboxylic acids is 1. The molecular weight excluding hydrogens is 294 g/mol. The van der Waals surface area contributed by atoms with Crippen LogP contribution >= 0.6 is 11.8 Å². The maximum absolute atomic E-state index is 12.5. The van der Waals surface area contributed by atoms with Crippen LogP contribution in [0.2, 0.25) is 0 Å². The number of hydrogen-bond donors (Lipinski definition) is 2. The van der Waals surface area contributed by atoms with Crippen LogP contribution in [0.15, 0.2) is 30.3 Å². The summed E-state index contributed by atoms with van der Waals surface area (Å²) < 4.78 is 0. The lowest BCUT2D eigenvalue weighted by molar-refractivity contribution is 0.0952. The van der Waals surface area contributed by atoms with Crippen LogP contribution in [0.3, 0.4) is 0 Å². The van der Waals surface area contributed by atoms with Crippen LogP contribution < -0.4 is 10.6 Å². The maximum Gasteiger partial charge on any atom is 0.252 e. The lowest BCUT2D eigenvalue weighted by atomic mass is 10.1. The number of pyridine rings is 1. The molecule has 22 heavy (non-hydrogen) atoms. The van der Waals surface area contributed by atoms with Crippen molar-refractivity contribution in [1.29, 1.82) is 0 Å². The zero-order valence-corrected chi connectivity index (χ0v) is 13.6. The number of nitrogens with zero attached hydrogens (tertiary/aromatic N) is 1. The summed E-state index contributed by atoms with van der Waals surface area (Å²) in [6, 6.07) is 10.0. The first kappa shape index (κ1) is 15.2. The van der Waals surface area contributed by atoms with Gasteiger partial charge in [-0.3, -0.25) is 4.79 Å². The molecule has 0 unspecified atom stereocenters. The van der Waals surface area contributed by atoms with E-state index in [2.05, 4.69) is 21.9 Å². The lowest BCUT2D eigenvalue weighted by Gasteiger charge is -2.11. The quantitative estimate of drug-likeness (QED) is 0.770. The third-order valence-electron chi connectivity index (χ3n) is 3.70. The van der Waals surface area contributed by atoms with Crippen molar-refractivity contribution in [3.63, 3.8) is 0 Å². The van der Waals surface area contributed by atoms with Crippen LogP contribution in [0.4, 0.5) is 5.82 Å². The number of hydrogen-bond acceptors (Lipinski definition) is 4. The molecule has 0 spiro atoms. The van der Waals surface area contributed by atoms with Crippen LogP contribution in [0, 0.1) is 0 Å². The summed E-state index contributed by atoms with van der Waals surface area (Å²) in [5.74, 6) is 1.91. The number of rotatable bonds is 7. The van der Waals surface area contributed by atoms with Gasteiger partial charge in [0, 0.05) is 18.0 Å². The molecule has 0 bridgehead atoms. The van der Waals surface area contributed by atoms with Gasteiger partial charge in [-0.2, -0.15) is 11.8 Å². The van der Waals surface area contributed by atoms with E-state index in [0.29, 0.717) is 11.6 Å². The number of amides is 1. The van der Waals surface area contributed by atoms with Crippen molar-refractivity contribution in [3.8, 4) is 0 Å². The monoisotopic (exact) mass is 315 g/mol. The van der Waals surface area contributed by atoms with Crippen LogP contribution in [0.1, 0.15) is 29.6 Å². The third-order valence-corrected chi connectivity index (χ3v) is 4.40. The molecule has 1 aliphatic carbocycles. The molecule has 1 heterocycles. The Morgan fingerprint density at radius 3 is 2.95 bits per heavy atom. The standard InChI is InChI=1S/C17H21N3OS/c1-22-10-4-9-18-16-11-14(17(21)19-12-7-8-12)13-5-2-3-6-15(13)20-16/h2-3,5-6,11-12H,4,7-10H2,1H3,(H,18,20)(H,19,21). The van der Waals surface area contributed by atoms with Gasteiger partial charge in [0.05, 0.1) is 11.1 Å². The summed E-state index contributed by atoms with van der Waals surface area (Å²) in [5, 5.41) is 7.31. The van der Waals surface area contributed by atoms with E-state index in [1.807, 2.05) is 42.1 Å². The van der Waals surface area contributed by atoms with E-state index in [9.17, 15) is 4.79 Å². The molecule has 2 aromatic rings. The topological polar surface area (TPSA) is 54.0 Å². The molecule has 3 rings (SSSR count). The van der Waals surface area contributed by atoms with Gasteiger partial charge in [0.25, 0.3) is 5.91 Å². The Morgan fingerprint density at radius 2 is 2.18 bits per heavy atom. The van der Waals surface area contributed by atoms with E-state index < -0.39 is 0 Å². The number of para-hydroxylation sites is 1. The van der Waals surface area contributed by atoms with E-state index in [-0.39, 0.29) is 5.91 Å². The zero-order valence-electron chi connectivity index (χ0n) is 12.8. The van der Waals surface area contributed by atoms with Crippen LogP contribution in [-0.2, 0) is 0 Å². The highest BCUT2D eigenvalue weighted by Crippen LogP contribution is 2.24. The Hall–Kier alpha value is -1.75. The number of fused-ring (bicyclic) bond motifs is 1. The van der Waals surface area contributed by atoms with Crippen molar-refractivity contribution < 1.29 is 4.79 Å². The molecule has 1 fully saturated rings. The molecule has 1 aromatic carbocycles. The number of aromatic nitrogens is 1. The Labute approximate surface area is 135 Å². The summed E-state index contributed by atoms with van der Waals surface area (Å²) >= 11 is 1.84. The molecule has 0 atom stereocenters. The zero-order chi connectivity index (χ0) is 15.4. The molecule has 116 valence electrons. The minimum atomic E-state index is 0.00765. The van der Waals surface area contributed by atoms with Crippen molar-refractivity contribution in [3.05, 3.63) is 35.9 Å². The highest BCUT2D eigenvalue weighted by atomic mass is 32.2. The Kier molecular flexibility index (Phi) is 4.83. The first-order chi connectivity index (χ1) is 10.8. The lowest BCUT2D eigenvalue weighted by Crippen LogP contribution is -2.25. The Balaban J connectivity index is 1.84. The van der Waals surface area contributed by atoms with Crippen molar-refractivity contribution in [2.45, 2.75) is 25.3 Å². The SMILES string of the molecule is CSCCCNc1cc(C(=O)NC2CC2)c2ccccc2n1. The molecule has 0 radical (unpaired) electrons. The second kappa shape index (κ2) is 7.01. The predicted molar refractivity (Wildman–Crippen MR) is 93.7 cm³/mol. The second-order valence-electron chi connectivity index (χ2n) is 5.59. The fourth-order valence-corrected chi connectivity index (χ4v) is 2.81. The van der Waals surface area contributed by atoms with Gasteiger partial charge >= 0.3 is 0 Å². The van der Waals surface area contributed by atoms with E-state index in [1.54, 1.807) is 0 Å². The molecule has 2 N–H and O–H groups in total. The Bertz CT molecular complexity index is 670. The molecule has 0 aliphatic heterocycles. The summed E-state index contributed by atoms with van der Waals surface area (Å²) in [6.45, 7) is 0.871. The first-order valence-corrected chi connectivity index (χ1v) is 9.11. The van der Waals surface area contributed by atoms with E-state index in [4.69, 9.17) is 0 Å². The average Bonchev–Trinajstić information content (AvgIpc) is 3.34. The van der Waals surface area contributed by atoms with Gasteiger partial charge in [0.2, 0.25) is 0 Å². The fourth-order valence-electron chi connectivity index (χ4n) is 2.38. The summed E-state index contributed by atoms with van der Waals surface area (Å²) in [7, 11) is 0. The molecule has 1 amide bonds. The number of thioether (sulfide) groups is 1. The van der Waals surface area contributed by atoms with Gasteiger partial charge in [-0.05, 0) is 43.4 Å². The van der Waals surface area contributed by atoms with Gasteiger partial charge in [-0.1, -0.05) is 18.2 Å². The third kappa shape index (κ3) is 3.71. The number of benzene rings is 1. The minimum Gasteiger partial charge on any atom is -0.370 e. The molecule has 1 saturated carbocycles. The number of carbonyl (C=O) groups is 1. The predicted octanol–water partition coefficient (Wildman–Crippen LogP) is 3.29. The summed E-state index contributed by atoms with van der Waals surface area (Å²) in [5.41, 5.74) is 1.57. The smallest absolute Gasteiger partial charge is 0.252 e. The van der Waals surface area contributed by atoms with Gasteiger partial charge < -0.3 is 10.6 Å².